The van der Waals surface area contributed by atoms with Gasteiger partial charge in [0.15, 0.2) is 0 Å². The number of carbonyl (C=O) groups is 3. The molecule has 1 atom stereocenters. The van der Waals surface area contributed by atoms with Crippen LogP contribution in [0.25, 0.3) is 16.5 Å². The van der Waals surface area contributed by atoms with Crippen LogP contribution in [-0.2, 0) is 9.59 Å². The first kappa shape index (κ1) is 14.8. The smallest absolute Gasteiger partial charge is 0.259 e. The predicted octanol–water partition coefficient (Wildman–Crippen LogP) is 1.79. The van der Waals surface area contributed by atoms with Gasteiger partial charge in [0.2, 0.25) is 11.8 Å². The van der Waals surface area contributed by atoms with Crippen molar-refractivity contribution in [3.63, 3.8) is 0 Å². The minimum atomic E-state index is -0.671. The van der Waals surface area contributed by atoms with Crippen molar-refractivity contribution in [2.45, 2.75) is 18.9 Å². The van der Waals surface area contributed by atoms with Crippen LogP contribution in [0, 0.1) is 0 Å². The van der Waals surface area contributed by atoms with Gasteiger partial charge in [-0.25, -0.2) is 4.98 Å². The first-order chi connectivity index (χ1) is 12.6. The Hall–Kier alpha value is -3.48. The molecular formula is C19H14N4O3. The van der Waals surface area contributed by atoms with Gasteiger partial charge in [0.1, 0.15) is 6.04 Å². The summed E-state index contributed by atoms with van der Waals surface area (Å²) in [6.45, 7) is 0. The Labute approximate surface area is 148 Å². The molecule has 0 spiro atoms. The van der Waals surface area contributed by atoms with E-state index in [0.29, 0.717) is 17.7 Å². The second kappa shape index (κ2) is 5.26. The first-order valence-corrected chi connectivity index (χ1v) is 8.36. The van der Waals surface area contributed by atoms with E-state index in [1.54, 1.807) is 12.5 Å². The van der Waals surface area contributed by atoms with Crippen molar-refractivity contribution in [3.8, 4) is 5.69 Å². The topological polar surface area (TPSA) is 84.3 Å². The molecule has 1 N–H and O–H groups in total. The first-order valence-electron chi connectivity index (χ1n) is 8.36. The van der Waals surface area contributed by atoms with E-state index >= 15 is 0 Å². The molecule has 2 aliphatic heterocycles. The number of anilines is 1. The number of hydrogen-bond acceptors (Lipinski definition) is 4. The number of rotatable bonds is 2. The molecule has 0 bridgehead atoms. The standard InChI is InChI=1S/C19H14N4O3/c24-16-5-4-15(18(25)21-16)23-14-3-1-2-11-8-12(22-7-6-20-10-22)9-13(17(11)14)19(23)26/h1-3,6-10,15H,4-5H2,(H,21,24,25). The lowest BCUT2D eigenvalue weighted by atomic mass is 10.0. The summed E-state index contributed by atoms with van der Waals surface area (Å²) in [5.74, 6) is -0.932. The maximum Gasteiger partial charge on any atom is 0.259 e. The summed E-state index contributed by atoms with van der Waals surface area (Å²) >= 11 is 0. The summed E-state index contributed by atoms with van der Waals surface area (Å²) in [5, 5.41) is 4.10. The summed E-state index contributed by atoms with van der Waals surface area (Å²) in [4.78, 5) is 42.5. The van der Waals surface area contributed by atoms with E-state index in [4.69, 9.17) is 0 Å². The van der Waals surface area contributed by atoms with Crippen molar-refractivity contribution >= 4 is 34.2 Å². The Bertz CT molecular complexity index is 1090. The monoisotopic (exact) mass is 346 g/mol. The summed E-state index contributed by atoms with van der Waals surface area (Å²) < 4.78 is 1.84. The minimum Gasteiger partial charge on any atom is -0.306 e. The van der Waals surface area contributed by atoms with Crippen LogP contribution in [-0.4, -0.2) is 33.3 Å². The average molecular weight is 346 g/mol. The van der Waals surface area contributed by atoms with Crippen molar-refractivity contribution in [3.05, 3.63) is 54.6 Å². The Morgan fingerprint density at radius 3 is 2.81 bits per heavy atom. The zero-order valence-electron chi connectivity index (χ0n) is 13.7. The van der Waals surface area contributed by atoms with Gasteiger partial charge in [0.25, 0.3) is 5.91 Å². The van der Waals surface area contributed by atoms with Crippen LogP contribution in [0.2, 0.25) is 0 Å². The maximum atomic E-state index is 13.2. The van der Waals surface area contributed by atoms with Crippen LogP contribution in [0.15, 0.2) is 49.1 Å². The molecule has 0 aliphatic carbocycles. The molecule has 2 aliphatic rings. The number of carbonyl (C=O) groups excluding carboxylic acids is 3. The Morgan fingerprint density at radius 1 is 1.15 bits per heavy atom. The van der Waals surface area contributed by atoms with Gasteiger partial charge in [-0.3, -0.25) is 24.6 Å². The molecule has 1 unspecified atom stereocenters. The fourth-order valence-corrected chi connectivity index (χ4v) is 3.80. The maximum absolute atomic E-state index is 13.2. The van der Waals surface area contributed by atoms with Crippen LogP contribution < -0.4 is 10.2 Å². The van der Waals surface area contributed by atoms with Crippen LogP contribution >= 0.6 is 0 Å². The molecular weight excluding hydrogens is 332 g/mol. The van der Waals surface area contributed by atoms with E-state index in [1.165, 1.54) is 4.90 Å². The van der Waals surface area contributed by atoms with E-state index < -0.39 is 11.9 Å². The highest BCUT2D eigenvalue weighted by atomic mass is 16.2. The molecule has 0 radical (unpaired) electrons. The number of imide groups is 1. The number of hydrogen-bond donors (Lipinski definition) is 1. The Kier molecular flexibility index (Phi) is 3.00. The summed E-state index contributed by atoms with van der Waals surface area (Å²) in [6, 6.07) is 8.81. The summed E-state index contributed by atoms with van der Waals surface area (Å²) in [5.41, 5.74) is 2.11. The fraction of sp³-hybridized carbons (Fsp3) is 0.158. The van der Waals surface area contributed by atoms with Crippen LogP contribution in [0.4, 0.5) is 5.69 Å². The van der Waals surface area contributed by atoms with Crippen LogP contribution in [0.3, 0.4) is 0 Å². The molecule has 3 amide bonds. The van der Waals surface area contributed by atoms with Gasteiger partial charge in [0.05, 0.1) is 17.6 Å². The van der Waals surface area contributed by atoms with Crippen LogP contribution in [0.1, 0.15) is 23.2 Å². The molecule has 26 heavy (non-hydrogen) atoms. The molecule has 7 nitrogen and oxygen atoms in total. The van der Waals surface area contributed by atoms with Gasteiger partial charge in [0, 0.05) is 29.9 Å². The lowest BCUT2D eigenvalue weighted by Crippen LogP contribution is -2.53. The second-order valence-corrected chi connectivity index (χ2v) is 6.48. The largest absolute Gasteiger partial charge is 0.306 e. The quantitative estimate of drug-likeness (QED) is 0.717. The highest BCUT2D eigenvalue weighted by Gasteiger charge is 2.40. The number of piperidine rings is 1. The molecule has 0 saturated carbocycles. The van der Waals surface area contributed by atoms with Crippen molar-refractivity contribution in [1.29, 1.82) is 0 Å². The number of amides is 3. The van der Waals surface area contributed by atoms with Gasteiger partial charge in [-0.2, -0.15) is 0 Å². The number of nitrogens with zero attached hydrogens (tertiary/aromatic N) is 3. The van der Waals surface area contributed by atoms with Crippen molar-refractivity contribution < 1.29 is 14.4 Å². The molecule has 2 aromatic carbocycles. The fourth-order valence-electron chi connectivity index (χ4n) is 3.80. The third-order valence-electron chi connectivity index (χ3n) is 4.97. The van der Waals surface area contributed by atoms with Crippen LogP contribution in [0.5, 0.6) is 0 Å². The highest BCUT2D eigenvalue weighted by Crippen LogP contribution is 2.40. The lowest BCUT2D eigenvalue weighted by Gasteiger charge is -2.30. The van der Waals surface area contributed by atoms with E-state index in [1.807, 2.05) is 41.1 Å². The van der Waals surface area contributed by atoms with Crippen molar-refractivity contribution in [2.24, 2.45) is 0 Å². The van der Waals surface area contributed by atoms with E-state index in [-0.39, 0.29) is 18.2 Å². The SMILES string of the molecule is O=C1CCC(N2C(=O)c3cc(-n4ccnc4)cc4cccc2c34)C(=O)N1. The molecule has 3 aromatic rings. The minimum absolute atomic E-state index is 0.215. The Balaban J connectivity index is 1.67. The average Bonchev–Trinajstić information content (AvgIpc) is 3.25. The lowest BCUT2D eigenvalue weighted by molar-refractivity contribution is -0.134. The third-order valence-corrected chi connectivity index (χ3v) is 4.97. The number of benzene rings is 2. The van der Waals surface area contributed by atoms with Gasteiger partial charge < -0.3 is 4.57 Å². The highest BCUT2D eigenvalue weighted by molar-refractivity contribution is 6.27. The Morgan fingerprint density at radius 2 is 2.04 bits per heavy atom. The zero-order valence-corrected chi connectivity index (χ0v) is 13.7. The van der Waals surface area contributed by atoms with Gasteiger partial charge in [-0.1, -0.05) is 12.1 Å². The third kappa shape index (κ3) is 2.00. The van der Waals surface area contributed by atoms with Gasteiger partial charge >= 0.3 is 0 Å². The van der Waals surface area contributed by atoms with E-state index in [9.17, 15) is 14.4 Å². The van der Waals surface area contributed by atoms with Crippen molar-refractivity contribution in [2.75, 3.05) is 4.90 Å². The van der Waals surface area contributed by atoms with E-state index in [2.05, 4.69) is 10.3 Å². The van der Waals surface area contributed by atoms with Gasteiger partial charge in [-0.15, -0.1) is 0 Å². The zero-order chi connectivity index (χ0) is 17.8. The number of nitrogens with one attached hydrogen (secondary N) is 1. The summed E-state index contributed by atoms with van der Waals surface area (Å²) in [7, 11) is 0. The molecule has 3 heterocycles. The molecule has 128 valence electrons. The molecule has 1 saturated heterocycles. The molecule has 7 heteroatoms. The normalized spacial score (nSPS) is 19.3. The predicted molar refractivity (Wildman–Crippen MR) is 94.1 cm³/mol. The van der Waals surface area contributed by atoms with Gasteiger partial charge in [-0.05, 0) is 30.0 Å². The number of imidazole rings is 1. The summed E-state index contributed by atoms with van der Waals surface area (Å²) in [6.07, 6.45) is 5.73. The second-order valence-electron chi connectivity index (χ2n) is 6.48. The van der Waals surface area contributed by atoms with Crippen molar-refractivity contribution in [1.82, 2.24) is 14.9 Å². The van der Waals surface area contributed by atoms with E-state index in [0.717, 1.165) is 16.5 Å². The molecule has 1 aromatic heterocycles. The number of aromatic nitrogens is 2. The molecule has 5 rings (SSSR count). The molecule has 1 fully saturated rings.